The normalized spacial score (nSPS) is 13.1. The van der Waals surface area contributed by atoms with Crippen molar-refractivity contribution in [2.75, 3.05) is 18.4 Å². The molecular formula is C20H20N4O2S2. The molecule has 0 atom stereocenters. The van der Waals surface area contributed by atoms with E-state index in [0.717, 1.165) is 17.0 Å². The maximum atomic E-state index is 12.5. The average Bonchev–Trinajstić information content (AvgIpc) is 3.37. The standard InChI is InChI=1S/C20H20N4O2S2/c25-18(15-8-11-27-13-15)23-19-22-16-7-10-24(12-17(16)28-19)20(26)21-9-6-14-4-2-1-3-5-14/h1-5,8,11,13H,6-7,9-10,12H2,(H,21,26)(H,22,23,25). The van der Waals surface area contributed by atoms with Gasteiger partial charge in [0, 0.05) is 29.8 Å². The van der Waals surface area contributed by atoms with Gasteiger partial charge >= 0.3 is 6.03 Å². The van der Waals surface area contributed by atoms with Gasteiger partial charge < -0.3 is 10.2 Å². The quantitative estimate of drug-likeness (QED) is 0.670. The van der Waals surface area contributed by atoms with E-state index in [2.05, 4.69) is 27.8 Å². The van der Waals surface area contributed by atoms with Gasteiger partial charge in [0.15, 0.2) is 5.13 Å². The minimum atomic E-state index is -0.150. The molecule has 0 saturated carbocycles. The number of rotatable bonds is 5. The summed E-state index contributed by atoms with van der Waals surface area (Å²) in [6, 6.07) is 11.8. The number of amides is 3. The molecule has 0 aliphatic carbocycles. The van der Waals surface area contributed by atoms with Crippen LogP contribution in [-0.2, 0) is 19.4 Å². The lowest BCUT2D eigenvalue weighted by Gasteiger charge is -2.26. The molecule has 144 valence electrons. The predicted octanol–water partition coefficient (Wildman–Crippen LogP) is 3.77. The molecule has 4 rings (SSSR count). The highest BCUT2D eigenvalue weighted by Crippen LogP contribution is 2.28. The first kappa shape index (κ1) is 18.6. The molecule has 0 bridgehead atoms. The van der Waals surface area contributed by atoms with E-state index >= 15 is 0 Å². The summed E-state index contributed by atoms with van der Waals surface area (Å²) in [6.07, 6.45) is 1.51. The number of thiazole rings is 1. The number of thiophene rings is 1. The number of nitrogens with one attached hydrogen (secondary N) is 2. The lowest BCUT2D eigenvalue weighted by molar-refractivity contribution is 0.102. The second-order valence-electron chi connectivity index (χ2n) is 6.49. The fourth-order valence-electron chi connectivity index (χ4n) is 3.06. The van der Waals surface area contributed by atoms with Crippen LogP contribution in [0.5, 0.6) is 0 Å². The lowest BCUT2D eigenvalue weighted by atomic mass is 10.1. The second-order valence-corrected chi connectivity index (χ2v) is 8.36. The Kier molecular flexibility index (Phi) is 5.68. The van der Waals surface area contributed by atoms with Crippen molar-refractivity contribution < 1.29 is 9.59 Å². The zero-order valence-electron chi connectivity index (χ0n) is 15.2. The van der Waals surface area contributed by atoms with Crippen LogP contribution in [0.4, 0.5) is 9.93 Å². The maximum Gasteiger partial charge on any atom is 0.317 e. The summed E-state index contributed by atoms with van der Waals surface area (Å²) in [5, 5.41) is 10.1. The van der Waals surface area contributed by atoms with E-state index in [1.807, 2.05) is 29.0 Å². The van der Waals surface area contributed by atoms with E-state index in [0.29, 0.717) is 36.8 Å². The zero-order valence-corrected chi connectivity index (χ0v) is 16.8. The number of nitrogens with zero attached hydrogens (tertiary/aromatic N) is 2. The van der Waals surface area contributed by atoms with E-state index in [1.54, 1.807) is 11.0 Å². The van der Waals surface area contributed by atoms with Gasteiger partial charge in [-0.05, 0) is 23.4 Å². The Morgan fingerprint density at radius 1 is 1.18 bits per heavy atom. The van der Waals surface area contributed by atoms with Crippen molar-refractivity contribution in [1.29, 1.82) is 0 Å². The number of carbonyl (C=O) groups is 2. The summed E-state index contributed by atoms with van der Waals surface area (Å²) in [4.78, 5) is 32.0. The Hall–Kier alpha value is -2.71. The van der Waals surface area contributed by atoms with E-state index in [9.17, 15) is 9.59 Å². The fourth-order valence-corrected chi connectivity index (χ4v) is 4.71. The Bertz CT molecular complexity index is 954. The summed E-state index contributed by atoms with van der Waals surface area (Å²) in [5.41, 5.74) is 2.81. The molecule has 0 spiro atoms. The van der Waals surface area contributed by atoms with Gasteiger partial charge in [0.2, 0.25) is 0 Å². The molecule has 0 unspecified atom stereocenters. The van der Waals surface area contributed by atoms with E-state index < -0.39 is 0 Å². The number of fused-ring (bicyclic) bond motifs is 1. The topological polar surface area (TPSA) is 74.3 Å². The van der Waals surface area contributed by atoms with Crippen molar-refractivity contribution in [2.45, 2.75) is 19.4 Å². The van der Waals surface area contributed by atoms with Crippen LogP contribution in [0.3, 0.4) is 0 Å². The van der Waals surface area contributed by atoms with Gasteiger partial charge in [-0.1, -0.05) is 41.7 Å². The van der Waals surface area contributed by atoms with Crippen LogP contribution in [0.2, 0.25) is 0 Å². The van der Waals surface area contributed by atoms with E-state index in [4.69, 9.17) is 0 Å². The van der Waals surface area contributed by atoms with Crippen LogP contribution in [0, 0.1) is 0 Å². The minimum Gasteiger partial charge on any atom is -0.338 e. The second kappa shape index (κ2) is 8.53. The van der Waals surface area contributed by atoms with Crippen molar-refractivity contribution in [3.05, 3.63) is 68.9 Å². The van der Waals surface area contributed by atoms with Gasteiger partial charge in [0.05, 0.1) is 17.8 Å². The molecule has 0 radical (unpaired) electrons. The highest BCUT2D eigenvalue weighted by molar-refractivity contribution is 7.16. The van der Waals surface area contributed by atoms with Gasteiger partial charge in [0.25, 0.3) is 5.91 Å². The molecule has 0 fully saturated rings. The molecule has 2 aromatic heterocycles. The minimum absolute atomic E-state index is 0.0566. The molecule has 0 saturated heterocycles. The summed E-state index contributed by atoms with van der Waals surface area (Å²) >= 11 is 2.93. The first-order valence-corrected chi connectivity index (χ1v) is 10.8. The van der Waals surface area contributed by atoms with Crippen molar-refractivity contribution in [2.24, 2.45) is 0 Å². The van der Waals surface area contributed by atoms with Crippen molar-refractivity contribution >= 4 is 39.7 Å². The molecule has 3 aromatic rings. The molecule has 1 aliphatic rings. The molecule has 28 heavy (non-hydrogen) atoms. The molecule has 3 heterocycles. The van der Waals surface area contributed by atoms with Crippen molar-refractivity contribution in [1.82, 2.24) is 15.2 Å². The lowest BCUT2D eigenvalue weighted by Crippen LogP contribution is -2.43. The third kappa shape index (κ3) is 4.40. The average molecular weight is 413 g/mol. The Balaban J connectivity index is 1.31. The molecule has 6 nitrogen and oxygen atoms in total. The zero-order chi connectivity index (χ0) is 19.3. The van der Waals surface area contributed by atoms with E-state index in [1.165, 1.54) is 28.2 Å². The smallest absolute Gasteiger partial charge is 0.317 e. The molecule has 2 N–H and O–H groups in total. The van der Waals surface area contributed by atoms with Crippen LogP contribution >= 0.6 is 22.7 Å². The first-order chi connectivity index (χ1) is 13.7. The Morgan fingerprint density at radius 2 is 2.04 bits per heavy atom. The summed E-state index contributed by atoms with van der Waals surface area (Å²) in [6.45, 7) is 1.77. The molecule has 1 aromatic carbocycles. The molecule has 3 amide bonds. The maximum absolute atomic E-state index is 12.5. The number of benzene rings is 1. The highest BCUT2D eigenvalue weighted by atomic mass is 32.1. The van der Waals surface area contributed by atoms with Crippen LogP contribution < -0.4 is 10.6 Å². The first-order valence-electron chi connectivity index (χ1n) is 9.08. The Morgan fingerprint density at radius 3 is 2.82 bits per heavy atom. The highest BCUT2D eigenvalue weighted by Gasteiger charge is 2.24. The van der Waals surface area contributed by atoms with Gasteiger partial charge in [0.1, 0.15) is 0 Å². The molecular weight excluding hydrogens is 392 g/mol. The van der Waals surface area contributed by atoms with Crippen molar-refractivity contribution in [3.63, 3.8) is 0 Å². The van der Waals surface area contributed by atoms with E-state index in [-0.39, 0.29) is 11.9 Å². The number of urea groups is 1. The largest absolute Gasteiger partial charge is 0.338 e. The van der Waals surface area contributed by atoms with Crippen molar-refractivity contribution in [3.8, 4) is 0 Å². The van der Waals surface area contributed by atoms with Crippen LogP contribution in [0.15, 0.2) is 47.2 Å². The van der Waals surface area contributed by atoms with Crippen LogP contribution in [-0.4, -0.2) is 34.9 Å². The number of hydrogen-bond donors (Lipinski definition) is 2. The summed E-state index contributed by atoms with van der Waals surface area (Å²) < 4.78 is 0. The van der Waals surface area contributed by atoms with Crippen LogP contribution in [0.1, 0.15) is 26.5 Å². The fraction of sp³-hybridized carbons (Fsp3) is 0.250. The third-order valence-corrected chi connectivity index (χ3v) is 6.24. The molecule has 8 heteroatoms. The summed E-state index contributed by atoms with van der Waals surface area (Å²) in [5.74, 6) is -0.150. The predicted molar refractivity (Wildman–Crippen MR) is 112 cm³/mol. The number of hydrogen-bond acceptors (Lipinski definition) is 5. The summed E-state index contributed by atoms with van der Waals surface area (Å²) in [7, 11) is 0. The van der Waals surface area contributed by atoms with Crippen LogP contribution in [0.25, 0.3) is 0 Å². The monoisotopic (exact) mass is 412 g/mol. The third-order valence-electron chi connectivity index (χ3n) is 4.56. The number of carbonyl (C=O) groups excluding carboxylic acids is 2. The number of aromatic nitrogens is 1. The Labute approximate surface area is 171 Å². The van der Waals surface area contributed by atoms with Gasteiger partial charge in [-0.25, -0.2) is 9.78 Å². The number of anilines is 1. The van der Waals surface area contributed by atoms with Gasteiger partial charge in [-0.15, -0.1) is 0 Å². The van der Waals surface area contributed by atoms with Gasteiger partial charge in [-0.3, -0.25) is 10.1 Å². The molecule has 1 aliphatic heterocycles. The SMILES string of the molecule is O=C(Nc1nc2c(s1)CN(C(=O)NCCc1ccccc1)CC2)c1ccsc1. The van der Waals surface area contributed by atoms with Gasteiger partial charge in [-0.2, -0.15) is 11.3 Å².